The average Bonchev–Trinajstić information content (AvgIpc) is 2.16. The van der Waals surface area contributed by atoms with E-state index in [9.17, 15) is 5.11 Å². The van der Waals surface area contributed by atoms with Gasteiger partial charge in [-0.25, -0.2) is 0 Å². The van der Waals surface area contributed by atoms with Crippen LogP contribution in [-0.4, -0.2) is 10.1 Å². The van der Waals surface area contributed by atoms with E-state index in [1.165, 1.54) is 0 Å². The standard InChI is InChI=1S/C10H8BrNO/c11-5-9-3-8-4-10(13)2-1-7(8)6-12-9/h1-4,6,13H,5H2. The molecule has 3 heteroatoms. The Hall–Kier alpha value is -1.09. The van der Waals surface area contributed by atoms with Crippen LogP contribution in [0.3, 0.4) is 0 Å². The largest absolute Gasteiger partial charge is 0.508 e. The first-order valence-electron chi connectivity index (χ1n) is 3.93. The molecule has 0 atom stereocenters. The van der Waals surface area contributed by atoms with Crippen LogP contribution in [0.15, 0.2) is 30.5 Å². The van der Waals surface area contributed by atoms with Crippen molar-refractivity contribution in [3.63, 3.8) is 0 Å². The van der Waals surface area contributed by atoms with Gasteiger partial charge in [-0.1, -0.05) is 15.9 Å². The van der Waals surface area contributed by atoms with E-state index in [4.69, 9.17) is 0 Å². The monoisotopic (exact) mass is 237 g/mol. The second-order valence-electron chi connectivity index (χ2n) is 2.84. The summed E-state index contributed by atoms with van der Waals surface area (Å²) in [5.41, 5.74) is 0.970. The molecular formula is C10H8BrNO. The van der Waals surface area contributed by atoms with Gasteiger partial charge in [0.05, 0.1) is 5.69 Å². The molecule has 0 spiro atoms. The van der Waals surface area contributed by atoms with Gasteiger partial charge in [-0.2, -0.15) is 0 Å². The Morgan fingerprint density at radius 1 is 1.23 bits per heavy atom. The van der Waals surface area contributed by atoms with E-state index in [1.54, 1.807) is 12.1 Å². The van der Waals surface area contributed by atoms with Crippen molar-refractivity contribution in [1.29, 1.82) is 0 Å². The minimum absolute atomic E-state index is 0.291. The van der Waals surface area contributed by atoms with E-state index >= 15 is 0 Å². The van der Waals surface area contributed by atoms with Gasteiger partial charge in [-0.15, -0.1) is 0 Å². The number of phenols is 1. The molecule has 13 heavy (non-hydrogen) atoms. The molecule has 0 aliphatic carbocycles. The maximum atomic E-state index is 9.26. The lowest BCUT2D eigenvalue weighted by Gasteiger charge is -2.00. The summed E-state index contributed by atoms with van der Waals surface area (Å²) in [6.45, 7) is 0. The number of benzene rings is 1. The van der Waals surface area contributed by atoms with Gasteiger partial charge in [-0.05, 0) is 29.7 Å². The minimum atomic E-state index is 0.291. The fourth-order valence-electron chi connectivity index (χ4n) is 1.25. The van der Waals surface area contributed by atoms with E-state index < -0.39 is 0 Å². The number of fused-ring (bicyclic) bond motifs is 1. The predicted molar refractivity (Wildman–Crippen MR) is 56.0 cm³/mol. The SMILES string of the molecule is Oc1ccc2cnc(CBr)cc2c1. The van der Waals surface area contributed by atoms with Crippen molar-refractivity contribution in [2.45, 2.75) is 5.33 Å². The molecule has 1 aromatic heterocycles. The molecule has 0 aliphatic heterocycles. The molecular weight excluding hydrogens is 230 g/mol. The zero-order valence-corrected chi connectivity index (χ0v) is 8.45. The Balaban J connectivity index is 2.68. The Kier molecular flexibility index (Phi) is 2.19. The van der Waals surface area contributed by atoms with E-state index in [0.717, 1.165) is 21.8 Å². The summed E-state index contributed by atoms with van der Waals surface area (Å²) >= 11 is 3.34. The van der Waals surface area contributed by atoms with Gasteiger partial charge < -0.3 is 5.11 Å². The van der Waals surface area contributed by atoms with Gasteiger partial charge in [-0.3, -0.25) is 4.98 Å². The van der Waals surface area contributed by atoms with Crippen molar-refractivity contribution in [2.24, 2.45) is 0 Å². The number of pyridine rings is 1. The lowest BCUT2D eigenvalue weighted by atomic mass is 10.1. The van der Waals surface area contributed by atoms with Crippen LogP contribution in [0.25, 0.3) is 10.8 Å². The third kappa shape index (κ3) is 1.65. The molecule has 1 heterocycles. The van der Waals surface area contributed by atoms with Crippen molar-refractivity contribution < 1.29 is 5.11 Å². The van der Waals surface area contributed by atoms with E-state index in [1.807, 2.05) is 18.3 Å². The number of nitrogens with zero attached hydrogens (tertiary/aromatic N) is 1. The van der Waals surface area contributed by atoms with Gasteiger partial charge >= 0.3 is 0 Å². The molecule has 0 unspecified atom stereocenters. The molecule has 1 aromatic carbocycles. The van der Waals surface area contributed by atoms with Crippen LogP contribution in [0.1, 0.15) is 5.69 Å². The maximum absolute atomic E-state index is 9.26. The Labute approximate surface area is 84.4 Å². The first-order chi connectivity index (χ1) is 6.29. The van der Waals surface area contributed by atoms with E-state index in [2.05, 4.69) is 20.9 Å². The van der Waals surface area contributed by atoms with Crippen molar-refractivity contribution >= 4 is 26.7 Å². The third-order valence-corrected chi connectivity index (χ3v) is 2.47. The van der Waals surface area contributed by atoms with Gasteiger partial charge in [0.2, 0.25) is 0 Å². The second-order valence-corrected chi connectivity index (χ2v) is 3.40. The smallest absolute Gasteiger partial charge is 0.116 e. The second kappa shape index (κ2) is 3.34. The molecule has 0 saturated heterocycles. The average molecular weight is 238 g/mol. The number of hydrogen-bond donors (Lipinski definition) is 1. The molecule has 2 rings (SSSR count). The number of halogens is 1. The fraction of sp³-hybridized carbons (Fsp3) is 0.100. The molecule has 0 aliphatic rings. The van der Waals surface area contributed by atoms with Gasteiger partial charge in [0.1, 0.15) is 5.75 Å². The number of aromatic hydroxyl groups is 1. The first kappa shape index (κ1) is 8.51. The van der Waals surface area contributed by atoms with Crippen molar-refractivity contribution in [3.8, 4) is 5.75 Å². The van der Waals surface area contributed by atoms with Crippen LogP contribution in [0.4, 0.5) is 0 Å². The van der Waals surface area contributed by atoms with Crippen molar-refractivity contribution in [1.82, 2.24) is 4.98 Å². The summed E-state index contributed by atoms with van der Waals surface area (Å²) in [5, 5.41) is 12.1. The Morgan fingerprint density at radius 3 is 2.85 bits per heavy atom. The van der Waals surface area contributed by atoms with E-state index in [-0.39, 0.29) is 0 Å². The zero-order chi connectivity index (χ0) is 9.26. The van der Waals surface area contributed by atoms with Crippen molar-refractivity contribution in [3.05, 3.63) is 36.2 Å². The lowest BCUT2D eigenvalue weighted by molar-refractivity contribution is 0.476. The molecule has 1 N–H and O–H groups in total. The summed E-state index contributed by atoms with van der Waals surface area (Å²) in [6, 6.07) is 7.22. The number of hydrogen-bond acceptors (Lipinski definition) is 2. The molecule has 0 radical (unpaired) electrons. The van der Waals surface area contributed by atoms with Crippen LogP contribution < -0.4 is 0 Å². The number of rotatable bonds is 1. The minimum Gasteiger partial charge on any atom is -0.508 e. The number of phenolic OH excluding ortho intramolecular Hbond substituents is 1. The first-order valence-corrected chi connectivity index (χ1v) is 5.05. The summed E-state index contributed by atoms with van der Waals surface area (Å²) < 4.78 is 0. The van der Waals surface area contributed by atoms with Gasteiger partial charge in [0.15, 0.2) is 0 Å². The third-order valence-electron chi connectivity index (χ3n) is 1.90. The topological polar surface area (TPSA) is 33.1 Å². The molecule has 0 fully saturated rings. The fourth-order valence-corrected chi connectivity index (χ4v) is 1.55. The van der Waals surface area contributed by atoms with Gasteiger partial charge in [0, 0.05) is 16.9 Å². The van der Waals surface area contributed by atoms with Crippen LogP contribution in [0.5, 0.6) is 5.75 Å². The van der Waals surface area contributed by atoms with Crippen LogP contribution in [0, 0.1) is 0 Å². The predicted octanol–water partition coefficient (Wildman–Crippen LogP) is 2.84. The zero-order valence-electron chi connectivity index (χ0n) is 6.87. The quantitative estimate of drug-likeness (QED) is 0.775. The molecule has 0 saturated carbocycles. The highest BCUT2D eigenvalue weighted by molar-refractivity contribution is 9.08. The highest BCUT2D eigenvalue weighted by atomic mass is 79.9. The summed E-state index contributed by atoms with van der Waals surface area (Å²) in [4.78, 5) is 4.23. The maximum Gasteiger partial charge on any atom is 0.116 e. The highest BCUT2D eigenvalue weighted by Gasteiger charge is 1.97. The molecule has 2 aromatic rings. The lowest BCUT2D eigenvalue weighted by Crippen LogP contribution is -1.83. The number of aromatic nitrogens is 1. The van der Waals surface area contributed by atoms with Crippen LogP contribution >= 0.6 is 15.9 Å². The summed E-state index contributed by atoms with van der Waals surface area (Å²) in [5.74, 6) is 0.291. The highest BCUT2D eigenvalue weighted by Crippen LogP contribution is 2.20. The van der Waals surface area contributed by atoms with E-state index in [0.29, 0.717) is 5.75 Å². The normalized spacial score (nSPS) is 10.5. The Bertz CT molecular complexity index is 442. The summed E-state index contributed by atoms with van der Waals surface area (Å²) in [7, 11) is 0. The Morgan fingerprint density at radius 2 is 2.08 bits per heavy atom. The summed E-state index contributed by atoms with van der Waals surface area (Å²) in [6.07, 6.45) is 1.81. The molecule has 0 bridgehead atoms. The number of alkyl halides is 1. The van der Waals surface area contributed by atoms with Crippen molar-refractivity contribution in [2.75, 3.05) is 0 Å². The molecule has 66 valence electrons. The van der Waals surface area contributed by atoms with Gasteiger partial charge in [0.25, 0.3) is 0 Å². The molecule has 2 nitrogen and oxygen atoms in total. The molecule has 0 amide bonds. The van der Waals surface area contributed by atoms with Crippen LogP contribution in [-0.2, 0) is 5.33 Å². The van der Waals surface area contributed by atoms with Crippen LogP contribution in [0.2, 0.25) is 0 Å².